The number of hydrogen-bond donors (Lipinski definition) is 0. The largest absolute Gasteiger partial charge is 0.309 e. The predicted octanol–water partition coefficient (Wildman–Crippen LogP) is 11.8. The topological polar surface area (TPSA) is 48.5 Å². The molecule has 4 aromatic heterocycles. The maximum absolute atomic E-state index is 5.18. The van der Waals surface area contributed by atoms with Crippen LogP contribution in [0.3, 0.4) is 0 Å². The minimum absolute atomic E-state index is 0.600. The molecule has 11 rings (SSSR count). The molecule has 0 amide bonds. The third-order valence-corrected chi connectivity index (χ3v) is 11.1. The van der Waals surface area contributed by atoms with Crippen LogP contribution in [0.25, 0.3) is 98.2 Å². The van der Waals surface area contributed by atoms with E-state index in [2.05, 4.69) is 155 Å². The van der Waals surface area contributed by atoms with Gasteiger partial charge in [-0.1, -0.05) is 115 Å². The normalized spacial score (nSPS) is 11.9. The van der Waals surface area contributed by atoms with E-state index in [-0.39, 0.29) is 0 Å². The molecule has 5 nitrogen and oxygen atoms in total. The molecule has 0 spiro atoms. The summed E-state index contributed by atoms with van der Waals surface area (Å²) in [4.78, 5) is 15.3. The van der Waals surface area contributed by atoms with Gasteiger partial charge in [-0.3, -0.25) is 4.57 Å². The summed E-state index contributed by atoms with van der Waals surface area (Å²) < 4.78 is 6.99. The SMILES string of the molecule is c1ccc(-c2nc(-c3ccc4c(c3)sc3ccc(-n5c6ccccc6c6ccccc65)cc34)nc(-n3c4ccccc4c4ccccc43)n2)cc1. The fraction of sp³-hybridized carbons (Fsp3) is 0. The molecule has 0 saturated carbocycles. The van der Waals surface area contributed by atoms with Gasteiger partial charge in [0.1, 0.15) is 0 Å². The summed E-state index contributed by atoms with van der Waals surface area (Å²) in [7, 11) is 0. The third kappa shape index (κ3) is 4.30. The highest BCUT2D eigenvalue weighted by atomic mass is 32.1. The van der Waals surface area contributed by atoms with Crippen LogP contribution in [0.1, 0.15) is 0 Å². The highest BCUT2D eigenvalue weighted by Crippen LogP contribution is 2.39. The van der Waals surface area contributed by atoms with E-state index >= 15 is 0 Å². The van der Waals surface area contributed by atoms with Gasteiger partial charge in [0.2, 0.25) is 5.95 Å². The summed E-state index contributed by atoms with van der Waals surface area (Å²) in [5, 5.41) is 7.33. The Labute approximate surface area is 296 Å². The fourth-order valence-corrected chi connectivity index (χ4v) is 8.82. The molecule has 0 N–H and O–H groups in total. The van der Waals surface area contributed by atoms with Gasteiger partial charge in [-0.15, -0.1) is 11.3 Å². The van der Waals surface area contributed by atoms with Gasteiger partial charge in [0.05, 0.1) is 22.1 Å². The standard InChI is InChI=1S/C45H27N5S/c1-2-12-28(13-3-1)43-46-44(48-45(47-43)50-39-20-10-6-16-33(39)34-17-7-11-21-40(34)50)29-22-24-35-36-27-30(23-25-41(36)51-42(35)26-29)49-37-18-8-4-14-31(37)32-15-5-9-19-38(32)49/h1-27H. The maximum atomic E-state index is 5.18. The van der Waals surface area contributed by atoms with Crippen LogP contribution in [0.5, 0.6) is 0 Å². The van der Waals surface area contributed by atoms with E-state index in [0.29, 0.717) is 17.6 Å². The average molecular weight is 670 g/mol. The molecule has 0 fully saturated rings. The summed E-state index contributed by atoms with van der Waals surface area (Å²) in [6.45, 7) is 0. The van der Waals surface area contributed by atoms with Gasteiger partial charge in [-0.2, -0.15) is 9.97 Å². The molecule has 0 unspecified atom stereocenters. The molecule has 6 heteroatoms. The van der Waals surface area contributed by atoms with Crippen molar-refractivity contribution in [1.29, 1.82) is 0 Å². The Morgan fingerprint density at radius 1 is 0.353 bits per heavy atom. The van der Waals surface area contributed by atoms with Crippen molar-refractivity contribution in [2.24, 2.45) is 0 Å². The summed E-state index contributed by atoms with van der Waals surface area (Å²) in [5.41, 5.74) is 7.61. The lowest BCUT2D eigenvalue weighted by molar-refractivity contribution is 0.954. The van der Waals surface area contributed by atoms with Crippen molar-refractivity contribution in [3.05, 3.63) is 164 Å². The Morgan fingerprint density at radius 3 is 1.49 bits per heavy atom. The number of thiophene rings is 1. The molecule has 0 aliphatic carbocycles. The van der Waals surface area contributed by atoms with E-state index in [0.717, 1.165) is 27.8 Å². The molecular formula is C45H27N5S. The van der Waals surface area contributed by atoms with Crippen LogP contribution in [-0.2, 0) is 0 Å². The molecule has 0 aliphatic heterocycles. The molecule has 11 aromatic rings. The lowest BCUT2D eigenvalue weighted by Gasteiger charge is -2.11. The monoisotopic (exact) mass is 669 g/mol. The second kappa shape index (κ2) is 10.9. The molecule has 0 aliphatic rings. The lowest BCUT2D eigenvalue weighted by Crippen LogP contribution is -2.06. The summed E-state index contributed by atoms with van der Waals surface area (Å²) in [6.07, 6.45) is 0. The van der Waals surface area contributed by atoms with Gasteiger partial charge in [0.25, 0.3) is 0 Å². The van der Waals surface area contributed by atoms with Crippen molar-refractivity contribution in [1.82, 2.24) is 24.1 Å². The third-order valence-electron chi connectivity index (χ3n) is 9.99. The number of benzene rings is 7. The van der Waals surface area contributed by atoms with E-state index in [4.69, 9.17) is 15.0 Å². The highest BCUT2D eigenvalue weighted by molar-refractivity contribution is 7.25. The first kappa shape index (κ1) is 28.2. The minimum atomic E-state index is 0.600. The van der Waals surface area contributed by atoms with E-state index in [1.807, 2.05) is 18.2 Å². The Bertz CT molecular complexity index is 3040. The zero-order chi connectivity index (χ0) is 33.5. The van der Waals surface area contributed by atoms with Gasteiger partial charge < -0.3 is 4.57 Å². The van der Waals surface area contributed by atoms with Crippen LogP contribution in [0.2, 0.25) is 0 Å². The van der Waals surface area contributed by atoms with Crippen molar-refractivity contribution >= 4 is 75.1 Å². The predicted molar refractivity (Wildman–Crippen MR) is 212 cm³/mol. The highest BCUT2D eigenvalue weighted by Gasteiger charge is 2.19. The van der Waals surface area contributed by atoms with Crippen molar-refractivity contribution in [2.45, 2.75) is 0 Å². The van der Waals surface area contributed by atoms with Crippen molar-refractivity contribution in [3.63, 3.8) is 0 Å². The van der Waals surface area contributed by atoms with E-state index in [9.17, 15) is 0 Å². The second-order valence-electron chi connectivity index (χ2n) is 12.9. The lowest BCUT2D eigenvalue weighted by atomic mass is 10.1. The van der Waals surface area contributed by atoms with Crippen molar-refractivity contribution < 1.29 is 0 Å². The van der Waals surface area contributed by atoms with Gasteiger partial charge in [-0.25, -0.2) is 4.98 Å². The number of aromatic nitrogens is 5. The molecule has 51 heavy (non-hydrogen) atoms. The van der Waals surface area contributed by atoms with Crippen LogP contribution in [0, 0.1) is 0 Å². The first-order chi connectivity index (χ1) is 25.3. The van der Waals surface area contributed by atoms with Crippen LogP contribution in [-0.4, -0.2) is 24.1 Å². The van der Waals surface area contributed by atoms with Gasteiger partial charge in [0, 0.05) is 58.5 Å². The van der Waals surface area contributed by atoms with Gasteiger partial charge >= 0.3 is 0 Å². The molecule has 0 bridgehead atoms. The van der Waals surface area contributed by atoms with E-state index in [1.54, 1.807) is 11.3 Å². The zero-order valence-corrected chi connectivity index (χ0v) is 28.0. The molecular weight excluding hydrogens is 643 g/mol. The first-order valence-corrected chi connectivity index (χ1v) is 17.9. The van der Waals surface area contributed by atoms with Crippen molar-refractivity contribution in [3.8, 4) is 34.4 Å². The number of para-hydroxylation sites is 4. The van der Waals surface area contributed by atoms with Crippen LogP contribution < -0.4 is 0 Å². The quantitative estimate of drug-likeness (QED) is 0.187. The van der Waals surface area contributed by atoms with Gasteiger partial charge in [0.15, 0.2) is 11.6 Å². The second-order valence-corrected chi connectivity index (χ2v) is 14.0. The first-order valence-electron chi connectivity index (χ1n) is 17.0. The Balaban J connectivity index is 1.10. The van der Waals surface area contributed by atoms with Crippen LogP contribution in [0.15, 0.2) is 164 Å². The summed E-state index contributed by atoms with van der Waals surface area (Å²) >= 11 is 1.80. The smallest absolute Gasteiger partial charge is 0.238 e. The Kier molecular flexibility index (Phi) is 6.05. The number of rotatable bonds is 4. The van der Waals surface area contributed by atoms with E-state index < -0.39 is 0 Å². The number of hydrogen-bond acceptors (Lipinski definition) is 4. The fourth-order valence-electron chi connectivity index (χ4n) is 7.69. The van der Waals surface area contributed by atoms with Crippen LogP contribution in [0.4, 0.5) is 0 Å². The number of fused-ring (bicyclic) bond motifs is 9. The molecule has 238 valence electrons. The summed E-state index contributed by atoms with van der Waals surface area (Å²) in [5.74, 6) is 1.89. The number of nitrogens with zero attached hydrogens (tertiary/aromatic N) is 5. The molecule has 7 aromatic carbocycles. The molecule has 4 heterocycles. The van der Waals surface area contributed by atoms with Crippen LogP contribution >= 0.6 is 11.3 Å². The summed E-state index contributed by atoms with van der Waals surface area (Å²) in [6, 6.07) is 57.9. The molecule has 0 atom stereocenters. The van der Waals surface area contributed by atoms with Gasteiger partial charge in [-0.05, 0) is 48.5 Å². The van der Waals surface area contributed by atoms with E-state index in [1.165, 1.54) is 52.8 Å². The zero-order valence-electron chi connectivity index (χ0n) is 27.2. The maximum Gasteiger partial charge on any atom is 0.238 e. The average Bonchev–Trinajstić information content (AvgIpc) is 3.85. The molecule has 0 saturated heterocycles. The molecule has 0 radical (unpaired) electrons. The Hall–Kier alpha value is -6.63. The minimum Gasteiger partial charge on any atom is -0.309 e. The Morgan fingerprint density at radius 2 is 0.882 bits per heavy atom. The van der Waals surface area contributed by atoms with Crippen molar-refractivity contribution in [2.75, 3.05) is 0 Å².